The first-order chi connectivity index (χ1) is 9.22. The van der Waals surface area contributed by atoms with Crippen LogP contribution in [0.4, 0.5) is 4.39 Å². The number of rotatable bonds is 5. The molecule has 2 rings (SSSR count). The lowest BCUT2D eigenvalue weighted by atomic mass is 10.2. The third kappa shape index (κ3) is 3.44. The van der Waals surface area contributed by atoms with Crippen LogP contribution >= 0.6 is 0 Å². The Balaban J connectivity index is 1.80. The van der Waals surface area contributed by atoms with Crippen molar-refractivity contribution in [3.63, 3.8) is 0 Å². The fourth-order valence-corrected chi connectivity index (χ4v) is 2.36. The zero-order chi connectivity index (χ0) is 13.7. The van der Waals surface area contributed by atoms with E-state index in [0.717, 1.165) is 19.4 Å². The van der Waals surface area contributed by atoms with Gasteiger partial charge in [0.15, 0.2) is 11.6 Å². The van der Waals surface area contributed by atoms with Crippen LogP contribution in [0, 0.1) is 5.82 Å². The highest BCUT2D eigenvalue weighted by atomic mass is 19.1. The summed E-state index contributed by atoms with van der Waals surface area (Å²) < 4.78 is 18.6. The van der Waals surface area contributed by atoms with Crippen molar-refractivity contribution in [1.82, 2.24) is 4.90 Å². The Morgan fingerprint density at radius 2 is 2.26 bits per heavy atom. The van der Waals surface area contributed by atoms with Gasteiger partial charge in [0.25, 0.3) is 0 Å². The lowest BCUT2D eigenvalue weighted by molar-refractivity contribution is -0.132. The van der Waals surface area contributed by atoms with Crippen LogP contribution in [0.3, 0.4) is 0 Å². The Morgan fingerprint density at radius 3 is 3.00 bits per heavy atom. The number of carbonyl (C=O) groups excluding carboxylic acids is 1. The Labute approximate surface area is 112 Å². The number of hydrogen-bond donors (Lipinski definition) is 1. The summed E-state index contributed by atoms with van der Waals surface area (Å²) >= 11 is 0. The topological polar surface area (TPSA) is 55.6 Å². The van der Waals surface area contributed by atoms with Gasteiger partial charge >= 0.3 is 0 Å². The summed E-state index contributed by atoms with van der Waals surface area (Å²) in [5, 5.41) is 0. The molecule has 1 unspecified atom stereocenters. The van der Waals surface area contributed by atoms with E-state index in [-0.39, 0.29) is 30.7 Å². The number of benzene rings is 1. The third-order valence-electron chi connectivity index (χ3n) is 3.38. The van der Waals surface area contributed by atoms with Crippen molar-refractivity contribution >= 4 is 5.91 Å². The molecule has 1 fully saturated rings. The number of nitrogens with zero attached hydrogens (tertiary/aromatic N) is 1. The first kappa shape index (κ1) is 13.8. The molecule has 5 heteroatoms. The number of nitrogens with two attached hydrogens (primary N) is 1. The number of ether oxygens (including phenoxy) is 1. The zero-order valence-corrected chi connectivity index (χ0v) is 10.8. The van der Waals surface area contributed by atoms with Gasteiger partial charge in [0.1, 0.15) is 0 Å². The second-order valence-electron chi connectivity index (χ2n) is 4.65. The molecule has 104 valence electrons. The normalized spacial score (nSPS) is 18.6. The van der Waals surface area contributed by atoms with Gasteiger partial charge in [0, 0.05) is 19.1 Å². The second-order valence-corrected chi connectivity index (χ2v) is 4.65. The molecule has 0 bridgehead atoms. The van der Waals surface area contributed by atoms with Gasteiger partial charge in [-0.15, -0.1) is 0 Å². The van der Waals surface area contributed by atoms with E-state index in [9.17, 15) is 9.18 Å². The number of likely N-dealkylation sites (tertiary alicyclic amines) is 1. The van der Waals surface area contributed by atoms with Crippen LogP contribution in [-0.2, 0) is 4.79 Å². The summed E-state index contributed by atoms with van der Waals surface area (Å²) in [6.07, 6.45) is 2.23. The van der Waals surface area contributed by atoms with Crippen molar-refractivity contribution in [1.29, 1.82) is 0 Å². The van der Waals surface area contributed by atoms with Gasteiger partial charge in [0.05, 0.1) is 13.0 Å². The van der Waals surface area contributed by atoms with Crippen LogP contribution in [0.15, 0.2) is 24.3 Å². The Hall–Kier alpha value is -1.62. The molecule has 0 radical (unpaired) electrons. The molecular weight excluding hydrogens is 247 g/mol. The van der Waals surface area contributed by atoms with Crippen LogP contribution in [-0.4, -0.2) is 36.5 Å². The van der Waals surface area contributed by atoms with Crippen LogP contribution in [0.5, 0.6) is 5.75 Å². The van der Waals surface area contributed by atoms with E-state index in [0.29, 0.717) is 6.54 Å². The lowest BCUT2D eigenvalue weighted by Gasteiger charge is -2.23. The quantitative estimate of drug-likeness (QED) is 0.879. The van der Waals surface area contributed by atoms with Gasteiger partial charge in [-0.2, -0.15) is 0 Å². The average molecular weight is 266 g/mol. The molecule has 1 aliphatic heterocycles. The third-order valence-corrected chi connectivity index (χ3v) is 3.38. The van der Waals surface area contributed by atoms with E-state index >= 15 is 0 Å². The fourth-order valence-electron chi connectivity index (χ4n) is 2.36. The molecule has 0 aliphatic carbocycles. The molecule has 1 heterocycles. The molecule has 4 nitrogen and oxygen atoms in total. The SMILES string of the molecule is NCC1CCCN1C(=O)CCOc1ccccc1F. The van der Waals surface area contributed by atoms with Crippen molar-refractivity contribution in [2.75, 3.05) is 19.7 Å². The summed E-state index contributed by atoms with van der Waals surface area (Å²) in [4.78, 5) is 13.8. The molecular formula is C14H19FN2O2. The average Bonchev–Trinajstić information content (AvgIpc) is 2.89. The van der Waals surface area contributed by atoms with Crippen molar-refractivity contribution < 1.29 is 13.9 Å². The van der Waals surface area contributed by atoms with Crippen molar-refractivity contribution in [2.45, 2.75) is 25.3 Å². The molecule has 1 aromatic carbocycles. The monoisotopic (exact) mass is 266 g/mol. The minimum atomic E-state index is -0.407. The minimum absolute atomic E-state index is 0.0317. The van der Waals surface area contributed by atoms with E-state index in [1.165, 1.54) is 6.07 Å². The maximum Gasteiger partial charge on any atom is 0.226 e. The number of carbonyl (C=O) groups is 1. The van der Waals surface area contributed by atoms with Crippen molar-refractivity contribution in [3.8, 4) is 5.75 Å². The van der Waals surface area contributed by atoms with Crippen LogP contribution in [0.25, 0.3) is 0 Å². The predicted octanol–water partition coefficient (Wildman–Crippen LogP) is 1.54. The van der Waals surface area contributed by atoms with Crippen LogP contribution in [0.2, 0.25) is 0 Å². The molecule has 1 aliphatic rings. The molecule has 1 amide bonds. The number of para-hydroxylation sites is 1. The maximum atomic E-state index is 13.3. The second kappa shape index (κ2) is 6.52. The number of halogens is 1. The van der Waals surface area contributed by atoms with E-state index in [4.69, 9.17) is 10.5 Å². The largest absolute Gasteiger partial charge is 0.490 e. The molecule has 2 N–H and O–H groups in total. The maximum absolute atomic E-state index is 13.3. The zero-order valence-electron chi connectivity index (χ0n) is 10.8. The molecule has 1 aromatic rings. The van der Waals surface area contributed by atoms with Gasteiger partial charge in [0.2, 0.25) is 5.91 Å². The summed E-state index contributed by atoms with van der Waals surface area (Å²) in [6.45, 7) is 1.45. The Bertz CT molecular complexity index is 439. The van der Waals surface area contributed by atoms with Crippen molar-refractivity contribution in [2.24, 2.45) is 5.73 Å². The molecule has 19 heavy (non-hydrogen) atoms. The standard InChI is InChI=1S/C14H19FN2O2/c15-12-5-1-2-6-13(12)19-9-7-14(18)17-8-3-4-11(17)10-16/h1-2,5-6,11H,3-4,7-10,16H2. The van der Waals surface area contributed by atoms with E-state index in [1.54, 1.807) is 18.2 Å². The fraction of sp³-hybridized carbons (Fsp3) is 0.500. The highest BCUT2D eigenvalue weighted by Crippen LogP contribution is 2.18. The van der Waals surface area contributed by atoms with E-state index < -0.39 is 5.82 Å². The Morgan fingerprint density at radius 1 is 1.47 bits per heavy atom. The first-order valence-electron chi connectivity index (χ1n) is 6.59. The summed E-state index contributed by atoms with van der Waals surface area (Å²) in [7, 11) is 0. The highest BCUT2D eigenvalue weighted by molar-refractivity contribution is 5.77. The molecule has 0 aromatic heterocycles. The van der Waals surface area contributed by atoms with Gasteiger partial charge in [-0.25, -0.2) is 4.39 Å². The van der Waals surface area contributed by atoms with Gasteiger partial charge in [-0.3, -0.25) is 4.79 Å². The summed E-state index contributed by atoms with van der Waals surface area (Å²) in [6, 6.07) is 6.34. The number of hydrogen-bond acceptors (Lipinski definition) is 3. The first-order valence-corrected chi connectivity index (χ1v) is 6.59. The smallest absolute Gasteiger partial charge is 0.226 e. The number of amides is 1. The van der Waals surface area contributed by atoms with Crippen LogP contribution < -0.4 is 10.5 Å². The van der Waals surface area contributed by atoms with E-state index in [2.05, 4.69) is 0 Å². The van der Waals surface area contributed by atoms with Gasteiger partial charge < -0.3 is 15.4 Å². The minimum Gasteiger partial charge on any atom is -0.490 e. The molecule has 1 saturated heterocycles. The lowest BCUT2D eigenvalue weighted by Crippen LogP contribution is -2.40. The van der Waals surface area contributed by atoms with Crippen molar-refractivity contribution in [3.05, 3.63) is 30.1 Å². The van der Waals surface area contributed by atoms with Crippen LogP contribution in [0.1, 0.15) is 19.3 Å². The molecule has 0 saturated carbocycles. The molecule has 1 atom stereocenters. The predicted molar refractivity (Wildman–Crippen MR) is 70.3 cm³/mol. The summed E-state index contributed by atoms with van der Waals surface area (Å²) in [5.41, 5.74) is 5.63. The summed E-state index contributed by atoms with van der Waals surface area (Å²) in [5.74, 6) is -0.188. The van der Waals surface area contributed by atoms with E-state index in [1.807, 2.05) is 4.90 Å². The Kier molecular flexibility index (Phi) is 4.74. The van der Waals surface area contributed by atoms with Gasteiger partial charge in [-0.05, 0) is 25.0 Å². The highest BCUT2D eigenvalue weighted by Gasteiger charge is 2.27. The molecule has 0 spiro atoms. The van der Waals surface area contributed by atoms with Gasteiger partial charge in [-0.1, -0.05) is 12.1 Å².